The number of rotatable bonds is 3. The van der Waals surface area contributed by atoms with Crippen LogP contribution in [0.3, 0.4) is 0 Å². The Bertz CT molecular complexity index is 400. The van der Waals surface area contributed by atoms with Gasteiger partial charge in [0.1, 0.15) is 18.2 Å². The lowest BCUT2D eigenvalue weighted by atomic mass is 10.3. The van der Waals surface area contributed by atoms with Crippen molar-refractivity contribution in [3.63, 3.8) is 0 Å². The van der Waals surface area contributed by atoms with Crippen LogP contribution in [-0.4, -0.2) is 9.97 Å². The third-order valence-electron chi connectivity index (χ3n) is 1.75. The Balaban J connectivity index is 1.98. The van der Waals surface area contributed by atoms with E-state index in [0.29, 0.717) is 12.4 Å². The summed E-state index contributed by atoms with van der Waals surface area (Å²) in [5.41, 5.74) is 0.856. The van der Waals surface area contributed by atoms with Gasteiger partial charge in [-0.3, -0.25) is 0 Å². The van der Waals surface area contributed by atoms with Gasteiger partial charge in [-0.25, -0.2) is 9.37 Å². The summed E-state index contributed by atoms with van der Waals surface area (Å²) >= 11 is 0. The molecule has 3 nitrogen and oxygen atoms in total. The maximum atomic E-state index is 12.7. The Morgan fingerprint density at radius 1 is 1.43 bits per heavy atom. The quantitative estimate of drug-likeness (QED) is 0.808. The van der Waals surface area contributed by atoms with Crippen LogP contribution in [0.15, 0.2) is 36.8 Å². The van der Waals surface area contributed by atoms with E-state index >= 15 is 0 Å². The van der Waals surface area contributed by atoms with E-state index in [0.717, 1.165) is 5.69 Å². The van der Waals surface area contributed by atoms with Crippen molar-refractivity contribution in [2.24, 2.45) is 0 Å². The van der Waals surface area contributed by atoms with E-state index in [1.807, 2.05) is 0 Å². The van der Waals surface area contributed by atoms with Crippen LogP contribution in [0.4, 0.5) is 4.39 Å². The summed E-state index contributed by atoms with van der Waals surface area (Å²) < 4.78 is 18.1. The van der Waals surface area contributed by atoms with Gasteiger partial charge < -0.3 is 9.72 Å². The van der Waals surface area contributed by atoms with Crippen molar-refractivity contribution in [3.05, 3.63) is 48.3 Å². The van der Waals surface area contributed by atoms with Crippen molar-refractivity contribution >= 4 is 0 Å². The maximum Gasteiger partial charge on any atom is 0.130 e. The van der Waals surface area contributed by atoms with Gasteiger partial charge in [-0.15, -0.1) is 0 Å². The molecule has 0 radical (unpaired) electrons. The van der Waals surface area contributed by atoms with Crippen LogP contribution >= 0.6 is 0 Å². The second kappa shape index (κ2) is 3.91. The van der Waals surface area contributed by atoms with Gasteiger partial charge in [0.2, 0.25) is 0 Å². The van der Waals surface area contributed by atoms with Crippen LogP contribution in [0.25, 0.3) is 0 Å². The number of hydrogen-bond acceptors (Lipinski definition) is 2. The number of nitrogens with one attached hydrogen (secondary N) is 1. The number of benzene rings is 1. The molecular formula is C10H9FN2O. The molecule has 2 aromatic rings. The van der Waals surface area contributed by atoms with Crippen LogP contribution in [0, 0.1) is 5.82 Å². The van der Waals surface area contributed by atoms with E-state index in [9.17, 15) is 4.39 Å². The molecule has 0 aliphatic carbocycles. The van der Waals surface area contributed by atoms with E-state index in [4.69, 9.17) is 4.74 Å². The number of halogens is 1. The van der Waals surface area contributed by atoms with E-state index in [1.165, 1.54) is 12.1 Å². The number of aromatic amines is 1. The van der Waals surface area contributed by atoms with Crippen molar-refractivity contribution in [3.8, 4) is 5.75 Å². The first-order valence-electron chi connectivity index (χ1n) is 4.20. The summed E-state index contributed by atoms with van der Waals surface area (Å²) in [6.07, 6.45) is 3.24. The molecule has 0 amide bonds. The highest BCUT2D eigenvalue weighted by molar-refractivity contribution is 5.22. The summed E-state index contributed by atoms with van der Waals surface area (Å²) in [6.45, 7) is 0.365. The Kier molecular flexibility index (Phi) is 2.44. The third-order valence-corrected chi connectivity index (χ3v) is 1.75. The smallest absolute Gasteiger partial charge is 0.130 e. The van der Waals surface area contributed by atoms with Crippen molar-refractivity contribution in [2.75, 3.05) is 0 Å². The molecule has 2 rings (SSSR count). The molecule has 0 saturated heterocycles. The second-order valence-electron chi connectivity index (χ2n) is 2.82. The lowest BCUT2D eigenvalue weighted by Gasteiger charge is -2.03. The van der Waals surface area contributed by atoms with Crippen LogP contribution in [-0.2, 0) is 6.61 Å². The Labute approximate surface area is 80.6 Å². The van der Waals surface area contributed by atoms with Gasteiger partial charge in [0.15, 0.2) is 0 Å². The number of hydrogen-bond donors (Lipinski definition) is 1. The SMILES string of the molecule is Fc1cccc(OCc2cnc[nH]2)c1. The molecule has 0 saturated carbocycles. The summed E-state index contributed by atoms with van der Waals surface area (Å²) in [5, 5.41) is 0. The van der Waals surface area contributed by atoms with Gasteiger partial charge in [0.25, 0.3) is 0 Å². The summed E-state index contributed by atoms with van der Waals surface area (Å²) in [5.74, 6) is 0.215. The van der Waals surface area contributed by atoms with Gasteiger partial charge in [0.05, 0.1) is 18.2 Å². The predicted octanol–water partition coefficient (Wildman–Crippen LogP) is 2.13. The zero-order chi connectivity index (χ0) is 9.80. The van der Waals surface area contributed by atoms with Crippen molar-refractivity contribution in [1.29, 1.82) is 0 Å². The molecule has 0 atom stereocenters. The first-order chi connectivity index (χ1) is 6.84. The van der Waals surface area contributed by atoms with Crippen LogP contribution in [0.1, 0.15) is 5.69 Å². The number of imidazole rings is 1. The van der Waals surface area contributed by atoms with Crippen molar-refractivity contribution in [2.45, 2.75) is 6.61 Å². The second-order valence-corrected chi connectivity index (χ2v) is 2.82. The third kappa shape index (κ3) is 2.10. The molecule has 1 heterocycles. The monoisotopic (exact) mass is 192 g/mol. The molecule has 72 valence electrons. The fourth-order valence-corrected chi connectivity index (χ4v) is 1.08. The molecule has 0 spiro atoms. The number of H-pyrrole nitrogens is 1. The predicted molar refractivity (Wildman–Crippen MR) is 49.3 cm³/mol. The van der Waals surface area contributed by atoms with Gasteiger partial charge in [-0.05, 0) is 12.1 Å². The molecule has 14 heavy (non-hydrogen) atoms. The van der Waals surface area contributed by atoms with Crippen molar-refractivity contribution < 1.29 is 9.13 Å². The highest BCUT2D eigenvalue weighted by Crippen LogP contribution is 2.13. The summed E-state index contributed by atoms with van der Waals surface area (Å²) in [4.78, 5) is 6.73. The molecule has 0 fully saturated rings. The first-order valence-corrected chi connectivity index (χ1v) is 4.20. The molecule has 1 N–H and O–H groups in total. The molecule has 0 unspecified atom stereocenters. The number of aromatic nitrogens is 2. The van der Waals surface area contributed by atoms with E-state index in [-0.39, 0.29) is 5.82 Å². The average Bonchev–Trinajstić information content (AvgIpc) is 2.67. The highest BCUT2D eigenvalue weighted by atomic mass is 19.1. The molecule has 1 aromatic carbocycles. The Hall–Kier alpha value is -1.84. The average molecular weight is 192 g/mol. The zero-order valence-corrected chi connectivity index (χ0v) is 7.40. The van der Waals surface area contributed by atoms with E-state index in [1.54, 1.807) is 24.7 Å². The normalized spacial score (nSPS) is 10.1. The Morgan fingerprint density at radius 3 is 3.07 bits per heavy atom. The van der Waals surface area contributed by atoms with Crippen molar-refractivity contribution in [1.82, 2.24) is 9.97 Å². The number of nitrogens with zero attached hydrogens (tertiary/aromatic N) is 1. The van der Waals surface area contributed by atoms with Gasteiger partial charge >= 0.3 is 0 Å². The molecule has 0 bridgehead atoms. The Morgan fingerprint density at radius 2 is 2.36 bits per heavy atom. The standard InChI is InChI=1S/C10H9FN2O/c11-8-2-1-3-10(4-8)14-6-9-5-12-7-13-9/h1-5,7H,6H2,(H,12,13). The largest absolute Gasteiger partial charge is 0.487 e. The van der Waals surface area contributed by atoms with Crippen LogP contribution in [0.2, 0.25) is 0 Å². The maximum absolute atomic E-state index is 12.7. The minimum Gasteiger partial charge on any atom is -0.487 e. The summed E-state index contributed by atoms with van der Waals surface area (Å²) in [6, 6.07) is 6.04. The molecule has 0 aliphatic heterocycles. The minimum atomic E-state index is -0.299. The van der Waals surface area contributed by atoms with Gasteiger partial charge in [0, 0.05) is 6.07 Å². The summed E-state index contributed by atoms with van der Waals surface area (Å²) in [7, 11) is 0. The lowest BCUT2D eigenvalue weighted by molar-refractivity contribution is 0.300. The molecule has 1 aromatic heterocycles. The van der Waals surface area contributed by atoms with E-state index < -0.39 is 0 Å². The minimum absolute atomic E-state index is 0.299. The van der Waals surface area contributed by atoms with Crippen LogP contribution < -0.4 is 4.74 Å². The first kappa shape index (κ1) is 8.74. The van der Waals surface area contributed by atoms with Crippen LogP contribution in [0.5, 0.6) is 5.75 Å². The fraction of sp³-hybridized carbons (Fsp3) is 0.100. The number of ether oxygens (including phenoxy) is 1. The lowest BCUT2D eigenvalue weighted by Crippen LogP contribution is -1.95. The molecule has 0 aliphatic rings. The van der Waals surface area contributed by atoms with Gasteiger partial charge in [-0.1, -0.05) is 6.07 Å². The fourth-order valence-electron chi connectivity index (χ4n) is 1.08. The highest BCUT2D eigenvalue weighted by Gasteiger charge is 1.97. The van der Waals surface area contributed by atoms with E-state index in [2.05, 4.69) is 9.97 Å². The molecule has 4 heteroatoms. The molecular weight excluding hydrogens is 183 g/mol. The zero-order valence-electron chi connectivity index (χ0n) is 7.40. The topological polar surface area (TPSA) is 37.9 Å². The van der Waals surface area contributed by atoms with Gasteiger partial charge in [-0.2, -0.15) is 0 Å².